The minimum Gasteiger partial charge on any atom is -0.369 e. The number of carbonyl (C=O) groups is 2. The van der Waals surface area contributed by atoms with E-state index < -0.39 is 17.5 Å². The lowest BCUT2D eigenvalue weighted by molar-refractivity contribution is -0.133. The number of nitrogens with zero attached hydrogens (tertiary/aromatic N) is 1. The second-order valence-electron chi connectivity index (χ2n) is 5.52. The number of nitrogens with two attached hydrogens (primary N) is 1. The van der Waals surface area contributed by atoms with Gasteiger partial charge in [-0.05, 0) is 44.0 Å². The van der Waals surface area contributed by atoms with E-state index in [4.69, 9.17) is 5.73 Å². The highest BCUT2D eigenvalue weighted by Gasteiger charge is 2.30. The van der Waals surface area contributed by atoms with Crippen molar-refractivity contribution in [2.24, 2.45) is 11.7 Å². The van der Waals surface area contributed by atoms with Crippen LogP contribution in [0.4, 0.5) is 8.78 Å². The largest absolute Gasteiger partial charge is 0.369 e. The van der Waals surface area contributed by atoms with E-state index in [0.29, 0.717) is 12.8 Å². The van der Waals surface area contributed by atoms with Crippen molar-refractivity contribution in [2.75, 3.05) is 6.54 Å². The van der Waals surface area contributed by atoms with Crippen molar-refractivity contribution in [1.82, 2.24) is 4.90 Å². The summed E-state index contributed by atoms with van der Waals surface area (Å²) in [6.45, 7) is 2.14. The van der Waals surface area contributed by atoms with Crippen LogP contribution in [0.2, 0.25) is 0 Å². The number of likely N-dealkylation sites (tertiary alicyclic amines) is 1. The van der Waals surface area contributed by atoms with Gasteiger partial charge in [0.1, 0.15) is 11.6 Å². The molecule has 2 atom stereocenters. The van der Waals surface area contributed by atoms with Crippen LogP contribution >= 0.6 is 0 Å². The van der Waals surface area contributed by atoms with Crippen molar-refractivity contribution >= 4 is 17.9 Å². The number of carbonyl (C=O) groups excluding carboxylic acids is 2. The third-order valence-electron chi connectivity index (χ3n) is 3.93. The summed E-state index contributed by atoms with van der Waals surface area (Å²) < 4.78 is 26.6. The summed E-state index contributed by atoms with van der Waals surface area (Å²) in [4.78, 5) is 25.0. The minimum atomic E-state index is -0.604. The highest BCUT2D eigenvalue weighted by atomic mass is 19.1. The molecule has 1 heterocycles. The zero-order valence-corrected chi connectivity index (χ0v) is 12.3. The smallest absolute Gasteiger partial charge is 0.246 e. The summed E-state index contributed by atoms with van der Waals surface area (Å²) >= 11 is 0. The highest BCUT2D eigenvalue weighted by Crippen LogP contribution is 2.22. The van der Waals surface area contributed by atoms with Crippen molar-refractivity contribution in [1.29, 1.82) is 0 Å². The maximum atomic E-state index is 13.5. The highest BCUT2D eigenvalue weighted by molar-refractivity contribution is 5.92. The van der Waals surface area contributed by atoms with Gasteiger partial charge >= 0.3 is 0 Å². The Morgan fingerprint density at radius 1 is 1.32 bits per heavy atom. The van der Waals surface area contributed by atoms with Crippen LogP contribution in [-0.2, 0) is 9.59 Å². The van der Waals surface area contributed by atoms with Crippen LogP contribution < -0.4 is 5.73 Å². The SMILES string of the molecule is C[C@@H]1CC[C@H](C(N)=O)CN1C(=O)/C=C/c1cc(F)ccc1F. The molecule has 0 bridgehead atoms. The Morgan fingerprint density at radius 2 is 2.05 bits per heavy atom. The molecule has 4 nitrogen and oxygen atoms in total. The van der Waals surface area contributed by atoms with Crippen LogP contribution in [0.25, 0.3) is 6.08 Å². The molecule has 1 fully saturated rings. The number of primary amides is 1. The predicted octanol–water partition coefficient (Wildman–Crippen LogP) is 2.09. The van der Waals surface area contributed by atoms with Crippen LogP contribution in [0.15, 0.2) is 24.3 Å². The number of piperidine rings is 1. The Labute approximate surface area is 127 Å². The zero-order valence-electron chi connectivity index (χ0n) is 12.3. The number of rotatable bonds is 3. The third kappa shape index (κ3) is 3.69. The van der Waals surface area contributed by atoms with Gasteiger partial charge in [0.05, 0.1) is 5.92 Å². The van der Waals surface area contributed by atoms with Gasteiger partial charge in [-0.25, -0.2) is 8.78 Å². The Kier molecular flexibility index (Phi) is 4.90. The Balaban J connectivity index is 2.11. The van der Waals surface area contributed by atoms with Gasteiger partial charge in [0.2, 0.25) is 11.8 Å². The average molecular weight is 308 g/mol. The normalized spacial score (nSPS) is 22.0. The van der Waals surface area contributed by atoms with E-state index in [9.17, 15) is 18.4 Å². The molecule has 22 heavy (non-hydrogen) atoms. The Hall–Kier alpha value is -2.24. The lowest BCUT2D eigenvalue weighted by Crippen LogP contribution is -2.48. The van der Waals surface area contributed by atoms with Crippen molar-refractivity contribution in [3.8, 4) is 0 Å². The van der Waals surface area contributed by atoms with E-state index in [0.717, 1.165) is 18.2 Å². The quantitative estimate of drug-likeness (QED) is 0.869. The second-order valence-corrected chi connectivity index (χ2v) is 5.52. The zero-order chi connectivity index (χ0) is 16.3. The molecule has 0 radical (unpaired) electrons. The summed E-state index contributed by atoms with van der Waals surface area (Å²) in [5, 5.41) is 0. The van der Waals surface area contributed by atoms with E-state index in [-0.39, 0.29) is 30.0 Å². The number of hydrogen-bond acceptors (Lipinski definition) is 2. The maximum Gasteiger partial charge on any atom is 0.246 e. The minimum absolute atomic E-state index is 0.00413. The second kappa shape index (κ2) is 6.68. The molecular weight excluding hydrogens is 290 g/mol. The summed E-state index contributed by atoms with van der Waals surface area (Å²) in [5.41, 5.74) is 5.29. The van der Waals surface area contributed by atoms with Gasteiger partial charge in [0.25, 0.3) is 0 Å². The lowest BCUT2D eigenvalue weighted by atomic mass is 9.93. The fourth-order valence-electron chi connectivity index (χ4n) is 2.55. The predicted molar refractivity (Wildman–Crippen MR) is 78.5 cm³/mol. The van der Waals surface area contributed by atoms with E-state index >= 15 is 0 Å². The number of benzene rings is 1. The molecule has 2 amide bonds. The molecule has 2 N–H and O–H groups in total. The Morgan fingerprint density at radius 3 is 2.73 bits per heavy atom. The maximum absolute atomic E-state index is 13.5. The summed E-state index contributed by atoms with van der Waals surface area (Å²) in [6, 6.07) is 3.01. The fourth-order valence-corrected chi connectivity index (χ4v) is 2.55. The number of amides is 2. The van der Waals surface area contributed by atoms with E-state index in [2.05, 4.69) is 0 Å². The molecule has 2 rings (SSSR count). The van der Waals surface area contributed by atoms with Gasteiger partial charge < -0.3 is 10.6 Å². The molecule has 0 aliphatic carbocycles. The molecule has 118 valence electrons. The van der Waals surface area contributed by atoms with Crippen molar-refractivity contribution in [3.63, 3.8) is 0 Å². The molecule has 0 aromatic heterocycles. The topological polar surface area (TPSA) is 63.4 Å². The lowest BCUT2D eigenvalue weighted by Gasteiger charge is -2.36. The van der Waals surface area contributed by atoms with Gasteiger partial charge in [-0.3, -0.25) is 9.59 Å². The van der Waals surface area contributed by atoms with Crippen molar-refractivity contribution in [2.45, 2.75) is 25.8 Å². The van der Waals surface area contributed by atoms with Crippen LogP contribution in [-0.4, -0.2) is 29.3 Å². The van der Waals surface area contributed by atoms with Crippen LogP contribution in [0.1, 0.15) is 25.3 Å². The first-order chi connectivity index (χ1) is 10.4. The van der Waals surface area contributed by atoms with Crippen molar-refractivity contribution < 1.29 is 18.4 Å². The van der Waals surface area contributed by atoms with Gasteiger partial charge in [0, 0.05) is 24.2 Å². The van der Waals surface area contributed by atoms with E-state index in [1.165, 1.54) is 17.1 Å². The summed E-state index contributed by atoms with van der Waals surface area (Å²) in [6.07, 6.45) is 3.77. The van der Waals surface area contributed by atoms with E-state index in [1.807, 2.05) is 6.92 Å². The van der Waals surface area contributed by atoms with Crippen LogP contribution in [0, 0.1) is 17.6 Å². The third-order valence-corrected chi connectivity index (χ3v) is 3.93. The number of hydrogen-bond donors (Lipinski definition) is 1. The number of halogens is 2. The molecule has 0 spiro atoms. The molecule has 0 unspecified atom stereocenters. The van der Waals surface area contributed by atoms with Crippen LogP contribution in [0.5, 0.6) is 0 Å². The first-order valence-corrected chi connectivity index (χ1v) is 7.11. The molecule has 0 saturated carbocycles. The van der Waals surface area contributed by atoms with Crippen molar-refractivity contribution in [3.05, 3.63) is 41.5 Å². The summed E-state index contributed by atoms with van der Waals surface area (Å²) in [7, 11) is 0. The molecule has 1 aromatic carbocycles. The van der Waals surface area contributed by atoms with Gasteiger partial charge in [-0.1, -0.05) is 0 Å². The van der Waals surface area contributed by atoms with Gasteiger partial charge in [0.15, 0.2) is 0 Å². The first kappa shape index (κ1) is 16.1. The van der Waals surface area contributed by atoms with E-state index in [1.54, 1.807) is 0 Å². The van der Waals surface area contributed by atoms with Crippen LogP contribution in [0.3, 0.4) is 0 Å². The average Bonchev–Trinajstić information content (AvgIpc) is 2.48. The fraction of sp³-hybridized carbons (Fsp3) is 0.375. The molecule has 1 aliphatic heterocycles. The van der Waals surface area contributed by atoms with Gasteiger partial charge in [-0.15, -0.1) is 0 Å². The molecule has 6 heteroatoms. The molecule has 1 saturated heterocycles. The molecular formula is C16H18F2N2O2. The summed E-state index contributed by atoms with van der Waals surface area (Å²) in [5.74, 6) is -2.31. The Bertz CT molecular complexity index is 616. The monoisotopic (exact) mass is 308 g/mol. The standard InChI is InChI=1S/C16H18F2N2O2/c1-10-2-3-12(16(19)22)9-20(10)15(21)7-4-11-8-13(17)5-6-14(11)18/h4-8,10,12H,2-3,9H2,1H3,(H2,19,22)/b7-4+/t10-,12+/m1/s1. The molecule has 1 aromatic rings. The molecule has 1 aliphatic rings. The first-order valence-electron chi connectivity index (χ1n) is 7.11. The van der Waals surface area contributed by atoms with Gasteiger partial charge in [-0.2, -0.15) is 0 Å².